The Kier molecular flexibility index (Phi) is 22.8. The third-order valence-electron chi connectivity index (χ3n) is 6.48. The van der Waals surface area contributed by atoms with Crippen LogP contribution in [0.15, 0.2) is 75.9 Å². The zero-order valence-corrected chi connectivity index (χ0v) is 32.6. The Morgan fingerprint density at radius 3 is 1.05 bits per heavy atom. The highest BCUT2D eigenvalue weighted by molar-refractivity contribution is 8.13. The first kappa shape index (κ1) is 50.6. The molecule has 0 fully saturated rings. The van der Waals surface area contributed by atoms with Crippen molar-refractivity contribution in [3.05, 3.63) is 75.9 Å². The van der Waals surface area contributed by atoms with Gasteiger partial charge in [0.2, 0.25) is 0 Å². The van der Waals surface area contributed by atoms with Crippen LogP contribution in [0.2, 0.25) is 0 Å². The average Bonchev–Trinajstić information content (AvgIpc) is 3.19. The van der Waals surface area contributed by atoms with Gasteiger partial charge in [0.05, 0.1) is 0 Å². The molecule has 0 aromatic heterocycles. The first-order valence-electron chi connectivity index (χ1n) is 16.3. The number of rotatable bonds is 26. The number of carbonyl (C=O) groups is 9. The van der Waals surface area contributed by atoms with E-state index in [4.69, 9.17) is 37.9 Å². The van der Waals surface area contributed by atoms with Crippen LogP contribution in [-0.4, -0.2) is 128 Å². The molecule has 0 aliphatic rings. The van der Waals surface area contributed by atoms with Gasteiger partial charge in [0, 0.05) is 42.2 Å². The lowest BCUT2D eigenvalue weighted by Gasteiger charge is -2.31. The third kappa shape index (κ3) is 22.6. The van der Waals surface area contributed by atoms with Crippen molar-refractivity contribution in [3.63, 3.8) is 0 Å². The van der Waals surface area contributed by atoms with Crippen LogP contribution >= 0.6 is 11.8 Å². The summed E-state index contributed by atoms with van der Waals surface area (Å²) >= 11 is 0.496. The molecule has 0 saturated heterocycles. The molecule has 3 amide bonds. The molecule has 20 nitrogen and oxygen atoms in total. The van der Waals surface area contributed by atoms with E-state index in [0.29, 0.717) is 11.8 Å². The van der Waals surface area contributed by atoms with Gasteiger partial charge in [-0.2, -0.15) is 0 Å². The minimum Gasteiger partial charge on any atom is -0.460 e. The molecule has 0 aliphatic carbocycles. The molecule has 0 heterocycles. The summed E-state index contributed by atoms with van der Waals surface area (Å²) in [6, 6.07) is 0. The monoisotopic (exact) mass is 825 g/mol. The molecule has 0 bridgehead atoms. The lowest BCUT2D eigenvalue weighted by atomic mass is 10.1. The van der Waals surface area contributed by atoms with Gasteiger partial charge < -0.3 is 53.8 Å². The number of esters is 6. The molecular weight excluding hydrogens is 778 g/mol. The predicted octanol–water partition coefficient (Wildman–Crippen LogP) is 1.90. The zero-order chi connectivity index (χ0) is 43.7. The predicted molar refractivity (Wildman–Crippen MR) is 201 cm³/mol. The molecule has 1 atom stereocenters. The number of thioether (sulfide) groups is 1. The first-order valence-corrected chi connectivity index (χ1v) is 17.3. The van der Waals surface area contributed by atoms with Crippen molar-refractivity contribution in [1.82, 2.24) is 16.0 Å². The van der Waals surface area contributed by atoms with Gasteiger partial charge in [-0.1, -0.05) is 51.2 Å². The summed E-state index contributed by atoms with van der Waals surface area (Å²) in [5.74, 6) is -5.58. The second kappa shape index (κ2) is 25.7. The van der Waals surface area contributed by atoms with Crippen molar-refractivity contribution < 1.29 is 81.0 Å². The minimum atomic E-state index is -1.61. The Hall–Kier alpha value is -6.38. The molecule has 3 N–H and O–H groups in total. The maximum absolute atomic E-state index is 13.2. The van der Waals surface area contributed by atoms with Crippen LogP contribution in [0, 0.1) is 0 Å². The lowest BCUT2D eigenvalue weighted by Crippen LogP contribution is -2.55. The Morgan fingerprint density at radius 1 is 0.474 bits per heavy atom. The van der Waals surface area contributed by atoms with Gasteiger partial charge in [-0.15, -0.1) is 0 Å². The maximum atomic E-state index is 13.2. The number of hydrogen-bond acceptors (Lipinski definition) is 18. The molecule has 0 rings (SSSR count). The summed E-state index contributed by atoms with van der Waals surface area (Å²) in [6.45, 7) is 19.9. The molecule has 0 radical (unpaired) electrons. The van der Waals surface area contributed by atoms with Crippen molar-refractivity contribution in [2.24, 2.45) is 0 Å². The zero-order valence-electron chi connectivity index (χ0n) is 31.8. The van der Waals surface area contributed by atoms with Crippen LogP contribution in [0.1, 0.15) is 20.8 Å². The number of alkyl carbamates (subject to hydrolysis) is 2. The van der Waals surface area contributed by atoms with E-state index in [1.165, 1.54) is 20.8 Å². The van der Waals surface area contributed by atoms with Gasteiger partial charge >= 0.3 is 48.0 Å². The Labute approximate surface area is 333 Å². The first-order chi connectivity index (χ1) is 26.7. The summed E-state index contributed by atoms with van der Waals surface area (Å²) in [5.41, 5.74) is -4.67. The highest BCUT2D eigenvalue weighted by atomic mass is 32.2. The summed E-state index contributed by atoms with van der Waals surface area (Å²) in [6.07, 6.45) is 1.30. The van der Waals surface area contributed by atoms with Gasteiger partial charge in [0.15, 0.2) is 0 Å². The Bertz CT molecular complexity index is 1410. The van der Waals surface area contributed by atoms with Crippen molar-refractivity contribution in [1.29, 1.82) is 0 Å². The molecule has 0 aromatic carbocycles. The average molecular weight is 826 g/mol. The minimum absolute atomic E-state index is 0.430. The van der Waals surface area contributed by atoms with Gasteiger partial charge in [0.25, 0.3) is 5.24 Å². The molecule has 0 aliphatic heterocycles. The standard InChI is InChI=1S/C36H47N3O17S/c1-10-25(40)50-18-34(7,19-51-26(41)11-2)37-31(46)49-16-24(56-32(47)38-35(8,20-52-27(42)12-3)21-53-28(43)13-4)17-57-33(48)39-36(9,22-54-29(44)14-5)23-55-30(45)15-6/h10-15,24H,1-6,16-23H2,7-9H3,(H,37,46)(H,38,47)(H,39,48). The number of nitrogens with one attached hydrogen (secondary N) is 3. The Morgan fingerprint density at radius 2 is 0.754 bits per heavy atom. The molecular formula is C36H47N3O17S. The van der Waals surface area contributed by atoms with Crippen molar-refractivity contribution in [2.45, 2.75) is 43.5 Å². The number of carbonyl (C=O) groups excluding carboxylic acids is 9. The lowest BCUT2D eigenvalue weighted by molar-refractivity contribution is -0.146. The Balaban J connectivity index is 6.29. The summed E-state index contributed by atoms with van der Waals surface area (Å²) < 4.78 is 40.8. The highest BCUT2D eigenvalue weighted by Gasteiger charge is 2.35. The largest absolute Gasteiger partial charge is 0.460 e. The summed E-state index contributed by atoms with van der Waals surface area (Å²) in [7, 11) is 0. The maximum Gasteiger partial charge on any atom is 0.408 e. The molecule has 0 aromatic rings. The van der Waals surface area contributed by atoms with Crippen LogP contribution in [0.4, 0.5) is 14.4 Å². The van der Waals surface area contributed by atoms with Crippen LogP contribution in [-0.2, 0) is 66.7 Å². The topological polar surface area (TPSA) is 264 Å². The third-order valence-corrected chi connectivity index (χ3v) is 7.39. The number of ether oxygens (including phenoxy) is 8. The normalized spacial score (nSPS) is 11.3. The molecule has 57 heavy (non-hydrogen) atoms. The SMILES string of the molecule is C=CC(=O)OCC(C)(COC(=O)C=C)NC(=O)OCC(CSC(=O)NC(C)(COC(=O)C=C)COC(=O)C=C)OC(=O)NC(C)(COC(=O)C=C)COC(=O)C=C. The number of amides is 3. The summed E-state index contributed by atoms with van der Waals surface area (Å²) in [5, 5.41) is 6.48. The number of hydrogen-bond donors (Lipinski definition) is 3. The van der Waals surface area contributed by atoms with E-state index in [9.17, 15) is 43.2 Å². The van der Waals surface area contributed by atoms with Crippen LogP contribution in [0.25, 0.3) is 0 Å². The van der Waals surface area contributed by atoms with Gasteiger partial charge in [-0.3, -0.25) is 4.79 Å². The van der Waals surface area contributed by atoms with E-state index >= 15 is 0 Å². The van der Waals surface area contributed by atoms with Gasteiger partial charge in [-0.25, -0.2) is 38.4 Å². The van der Waals surface area contributed by atoms with Gasteiger partial charge in [0.1, 0.15) is 69.0 Å². The van der Waals surface area contributed by atoms with Crippen LogP contribution in [0.3, 0.4) is 0 Å². The highest BCUT2D eigenvalue weighted by Crippen LogP contribution is 2.16. The van der Waals surface area contributed by atoms with E-state index in [-0.39, 0.29) is 0 Å². The van der Waals surface area contributed by atoms with Crippen LogP contribution < -0.4 is 16.0 Å². The second-order valence-corrected chi connectivity index (χ2v) is 13.1. The fourth-order valence-corrected chi connectivity index (χ4v) is 4.34. The molecule has 1 unspecified atom stereocenters. The fourth-order valence-electron chi connectivity index (χ4n) is 3.52. The molecule has 0 spiro atoms. The second-order valence-electron chi connectivity index (χ2n) is 12.2. The molecule has 314 valence electrons. The van der Waals surface area contributed by atoms with E-state index in [2.05, 4.69) is 55.4 Å². The van der Waals surface area contributed by atoms with Crippen molar-refractivity contribution in [3.8, 4) is 0 Å². The van der Waals surface area contributed by atoms with Crippen molar-refractivity contribution >= 4 is 65.0 Å². The van der Waals surface area contributed by atoms with E-state index < -0.39 is 128 Å². The smallest absolute Gasteiger partial charge is 0.408 e. The van der Waals surface area contributed by atoms with E-state index in [1.54, 1.807) is 0 Å². The van der Waals surface area contributed by atoms with Gasteiger partial charge in [-0.05, 0) is 20.8 Å². The quantitative estimate of drug-likeness (QED) is 0.0639. The van der Waals surface area contributed by atoms with Crippen LogP contribution in [0.5, 0.6) is 0 Å². The molecule has 0 saturated carbocycles. The van der Waals surface area contributed by atoms with Crippen molar-refractivity contribution in [2.75, 3.05) is 52.0 Å². The van der Waals surface area contributed by atoms with E-state index in [1.807, 2.05) is 0 Å². The molecule has 21 heteroatoms. The summed E-state index contributed by atoms with van der Waals surface area (Å²) in [4.78, 5) is 110. The fraction of sp³-hybridized carbons (Fsp3) is 0.417. The van der Waals surface area contributed by atoms with E-state index in [0.717, 1.165) is 36.5 Å².